The fourth-order valence-corrected chi connectivity index (χ4v) is 2.04. The van der Waals surface area contributed by atoms with E-state index in [9.17, 15) is 4.79 Å². The van der Waals surface area contributed by atoms with Crippen LogP contribution in [-0.4, -0.2) is 37.0 Å². The number of hydrogen-bond donors (Lipinski definition) is 0. The Kier molecular flexibility index (Phi) is 2.71. The summed E-state index contributed by atoms with van der Waals surface area (Å²) in [4.78, 5) is 11.9. The van der Waals surface area contributed by atoms with Gasteiger partial charge in [0.15, 0.2) is 0 Å². The number of ether oxygens (including phenoxy) is 3. The van der Waals surface area contributed by atoms with E-state index in [2.05, 4.69) is 0 Å². The van der Waals surface area contributed by atoms with Gasteiger partial charge in [-0.25, -0.2) is 4.79 Å². The predicted octanol–water partition coefficient (Wildman–Crippen LogP) is 2.22. The van der Waals surface area contributed by atoms with Gasteiger partial charge in [0.05, 0.1) is 20.2 Å². The van der Waals surface area contributed by atoms with Gasteiger partial charge in [0.2, 0.25) is 0 Å². The van der Waals surface area contributed by atoms with Crippen molar-refractivity contribution in [2.24, 2.45) is 0 Å². The lowest BCUT2D eigenvalue weighted by Gasteiger charge is -2.22. The highest BCUT2D eigenvalue weighted by molar-refractivity contribution is 5.89. The Morgan fingerprint density at radius 1 is 1.61 bits per heavy atom. The summed E-state index contributed by atoms with van der Waals surface area (Å²) in [5, 5.41) is 0. The van der Waals surface area contributed by atoms with Crippen molar-refractivity contribution in [2.75, 3.05) is 6.61 Å². The molecule has 4 nitrogen and oxygen atoms in total. The molecule has 0 unspecified atom stereocenters. The standard InChI is InChI=1S/C14H22O4/c1-4-10(5-2)17-11-7-9(14(15)16-6-3)8-12-13(11)18-12/h7,10-13H,4-6,8H2,1-3H3/t11-,12+,13-/m0/s1/i4D2,5D2,10D. The maximum atomic E-state index is 11.9. The third kappa shape index (κ3) is 2.93. The van der Waals surface area contributed by atoms with Crippen LogP contribution < -0.4 is 0 Å². The Morgan fingerprint density at radius 3 is 2.94 bits per heavy atom. The molecule has 1 aliphatic heterocycles. The van der Waals surface area contributed by atoms with Gasteiger partial charge in [-0.2, -0.15) is 0 Å². The smallest absolute Gasteiger partial charge is 0.333 e. The summed E-state index contributed by atoms with van der Waals surface area (Å²) in [5.74, 6) is -0.496. The van der Waals surface area contributed by atoms with Crippen molar-refractivity contribution >= 4 is 5.97 Å². The van der Waals surface area contributed by atoms with E-state index in [0.29, 0.717) is 12.0 Å². The van der Waals surface area contributed by atoms with Crippen LogP contribution >= 0.6 is 0 Å². The van der Waals surface area contributed by atoms with Gasteiger partial charge >= 0.3 is 5.97 Å². The number of esters is 1. The lowest BCUT2D eigenvalue weighted by atomic mass is 9.97. The molecular weight excluding hydrogens is 232 g/mol. The predicted molar refractivity (Wildman–Crippen MR) is 67.2 cm³/mol. The molecule has 102 valence electrons. The van der Waals surface area contributed by atoms with E-state index in [0.717, 1.165) is 13.8 Å². The van der Waals surface area contributed by atoms with Crippen molar-refractivity contribution in [3.05, 3.63) is 11.6 Å². The molecule has 2 rings (SSSR count). The van der Waals surface area contributed by atoms with Crippen LogP contribution in [0.15, 0.2) is 11.6 Å². The number of rotatable bonds is 6. The molecule has 0 saturated carbocycles. The van der Waals surface area contributed by atoms with Gasteiger partial charge in [-0.05, 0) is 25.7 Å². The molecule has 1 saturated heterocycles. The summed E-state index contributed by atoms with van der Waals surface area (Å²) in [7, 11) is 0. The molecule has 0 N–H and O–H groups in total. The Labute approximate surface area is 115 Å². The quantitative estimate of drug-likeness (QED) is 0.542. The molecule has 18 heavy (non-hydrogen) atoms. The van der Waals surface area contributed by atoms with E-state index in [4.69, 9.17) is 21.1 Å². The molecule has 0 radical (unpaired) electrons. The van der Waals surface area contributed by atoms with Crippen LogP contribution in [0.25, 0.3) is 0 Å². The zero-order valence-electron chi connectivity index (χ0n) is 15.9. The average molecular weight is 259 g/mol. The first-order valence-corrected chi connectivity index (χ1v) is 6.12. The van der Waals surface area contributed by atoms with Gasteiger partial charge in [-0.15, -0.1) is 0 Å². The van der Waals surface area contributed by atoms with Crippen molar-refractivity contribution < 1.29 is 25.9 Å². The van der Waals surface area contributed by atoms with E-state index >= 15 is 0 Å². The normalized spacial score (nSPS) is 36.1. The molecule has 4 heteroatoms. The summed E-state index contributed by atoms with van der Waals surface area (Å²) in [6.45, 7) is 4.13. The fraction of sp³-hybridized carbons (Fsp3) is 0.786. The highest BCUT2D eigenvalue weighted by Gasteiger charge is 2.49. The van der Waals surface area contributed by atoms with E-state index < -0.39 is 30.9 Å². The fourth-order valence-electron chi connectivity index (χ4n) is 2.04. The van der Waals surface area contributed by atoms with Gasteiger partial charge in [-0.1, -0.05) is 13.8 Å². The topological polar surface area (TPSA) is 48.1 Å². The minimum absolute atomic E-state index is 0.230. The minimum Gasteiger partial charge on any atom is -0.463 e. The molecule has 0 amide bonds. The molecule has 1 fully saturated rings. The zero-order chi connectivity index (χ0) is 17.6. The number of carbonyl (C=O) groups is 1. The van der Waals surface area contributed by atoms with E-state index in [1.807, 2.05) is 0 Å². The Hall–Kier alpha value is -0.870. The maximum absolute atomic E-state index is 11.9. The molecule has 0 aromatic carbocycles. The van der Waals surface area contributed by atoms with Crippen LogP contribution in [0.4, 0.5) is 0 Å². The third-order valence-electron chi connectivity index (χ3n) is 2.98. The molecule has 2 aliphatic rings. The summed E-state index contributed by atoms with van der Waals surface area (Å²) in [6.07, 6.45) is -6.61. The molecule has 1 heterocycles. The summed E-state index contributed by atoms with van der Waals surface area (Å²) >= 11 is 0. The molecule has 0 spiro atoms. The highest BCUT2D eigenvalue weighted by atomic mass is 16.6. The molecule has 1 aliphatic carbocycles. The van der Waals surface area contributed by atoms with Crippen LogP contribution in [0.3, 0.4) is 0 Å². The third-order valence-corrected chi connectivity index (χ3v) is 2.98. The van der Waals surface area contributed by atoms with Crippen molar-refractivity contribution in [3.8, 4) is 0 Å². The summed E-state index contributed by atoms with van der Waals surface area (Å²) < 4.78 is 55.3. The van der Waals surface area contributed by atoms with Crippen molar-refractivity contribution in [1.82, 2.24) is 0 Å². The van der Waals surface area contributed by atoms with Crippen LogP contribution in [0.1, 0.15) is 46.8 Å². The number of carbonyl (C=O) groups excluding carboxylic acids is 1. The number of hydrogen-bond acceptors (Lipinski definition) is 4. The Morgan fingerprint density at radius 2 is 2.33 bits per heavy atom. The summed E-state index contributed by atoms with van der Waals surface area (Å²) in [6, 6.07) is 0. The van der Waals surface area contributed by atoms with Gasteiger partial charge in [0.1, 0.15) is 12.2 Å². The Bertz CT molecular complexity index is 494. The second kappa shape index (κ2) is 5.85. The van der Waals surface area contributed by atoms with Crippen LogP contribution in [0, 0.1) is 0 Å². The van der Waals surface area contributed by atoms with Crippen molar-refractivity contribution in [1.29, 1.82) is 0 Å². The van der Waals surface area contributed by atoms with Gasteiger partial charge < -0.3 is 14.2 Å². The average Bonchev–Trinajstić information content (AvgIpc) is 3.15. The van der Waals surface area contributed by atoms with Gasteiger partial charge in [-0.3, -0.25) is 0 Å². The van der Waals surface area contributed by atoms with E-state index in [1.54, 1.807) is 6.92 Å². The van der Waals surface area contributed by atoms with Crippen LogP contribution in [0.2, 0.25) is 0 Å². The molecule has 0 aromatic heterocycles. The molecule has 0 bridgehead atoms. The van der Waals surface area contributed by atoms with E-state index in [1.165, 1.54) is 6.08 Å². The first-order valence-electron chi connectivity index (χ1n) is 8.62. The van der Waals surface area contributed by atoms with Crippen molar-refractivity contribution in [2.45, 2.75) is 64.3 Å². The van der Waals surface area contributed by atoms with E-state index in [-0.39, 0.29) is 18.8 Å². The van der Waals surface area contributed by atoms with Gasteiger partial charge in [0.25, 0.3) is 0 Å². The Balaban J connectivity index is 2.26. The second-order valence-electron chi connectivity index (χ2n) is 4.17. The lowest BCUT2D eigenvalue weighted by Crippen LogP contribution is -2.30. The lowest BCUT2D eigenvalue weighted by molar-refractivity contribution is -0.138. The number of fused-ring (bicyclic) bond motifs is 1. The minimum atomic E-state index is -2.45. The first kappa shape index (κ1) is 8.33. The van der Waals surface area contributed by atoms with Gasteiger partial charge in [0, 0.05) is 17.5 Å². The monoisotopic (exact) mass is 259 g/mol. The molecular formula is C14H22O4. The van der Waals surface area contributed by atoms with Crippen molar-refractivity contribution in [3.63, 3.8) is 0 Å². The second-order valence-corrected chi connectivity index (χ2v) is 4.17. The first-order chi connectivity index (χ1) is 10.4. The molecule has 3 atom stereocenters. The van der Waals surface area contributed by atoms with Crippen LogP contribution in [0.5, 0.6) is 0 Å². The number of epoxide rings is 1. The molecule has 0 aromatic rings. The SMILES string of the molecule is [2H]C([2H])(C)C([2H])(O[C@H]1C=C(C(=O)OCC)C[C@H]2O[C@@H]12)C([2H])([2H])C. The largest absolute Gasteiger partial charge is 0.463 e. The summed E-state index contributed by atoms with van der Waals surface area (Å²) in [5.41, 5.74) is 0.353. The van der Waals surface area contributed by atoms with Crippen LogP contribution in [-0.2, 0) is 19.0 Å². The maximum Gasteiger partial charge on any atom is 0.333 e. The zero-order valence-corrected chi connectivity index (χ0v) is 10.9. The highest BCUT2D eigenvalue weighted by Crippen LogP contribution is 2.38.